The average molecular weight is 195 g/mol. The zero-order chi connectivity index (χ0) is 9.26. The van der Waals surface area contributed by atoms with Crippen molar-refractivity contribution in [3.8, 4) is 5.75 Å². The number of benzene rings is 1. The van der Waals surface area contributed by atoms with E-state index >= 15 is 0 Å². The Morgan fingerprint density at radius 2 is 2.38 bits per heavy atom. The third kappa shape index (κ3) is 1.42. The summed E-state index contributed by atoms with van der Waals surface area (Å²) >= 11 is 1.22. The summed E-state index contributed by atoms with van der Waals surface area (Å²) in [6.45, 7) is 0. The van der Waals surface area contributed by atoms with Gasteiger partial charge in [-0.2, -0.15) is 4.40 Å². The van der Waals surface area contributed by atoms with Crippen LogP contribution in [0.3, 0.4) is 0 Å². The maximum absolute atomic E-state index is 5.69. The smallest absolute Gasteiger partial charge is 0.142 e. The van der Waals surface area contributed by atoms with Gasteiger partial charge in [0.2, 0.25) is 0 Å². The molecule has 1 aliphatic heterocycles. The number of anilines is 1. The quantitative estimate of drug-likeness (QED) is 0.665. The molecule has 0 amide bonds. The second-order valence-electron chi connectivity index (χ2n) is 2.58. The van der Waals surface area contributed by atoms with Crippen molar-refractivity contribution in [3.63, 3.8) is 0 Å². The van der Waals surface area contributed by atoms with Crippen LogP contribution in [0.5, 0.6) is 5.75 Å². The number of fused-ring (bicyclic) bond motifs is 1. The van der Waals surface area contributed by atoms with Gasteiger partial charge in [-0.15, -0.1) is 0 Å². The Labute approximate surface area is 80.4 Å². The van der Waals surface area contributed by atoms with Crippen LogP contribution in [0.15, 0.2) is 22.6 Å². The molecule has 0 saturated carbocycles. The van der Waals surface area contributed by atoms with Crippen LogP contribution in [0.1, 0.15) is 5.56 Å². The molecular formula is C8H9N3OS. The summed E-state index contributed by atoms with van der Waals surface area (Å²) in [6.07, 6.45) is 0. The predicted octanol–water partition coefficient (Wildman–Crippen LogP) is 1.39. The van der Waals surface area contributed by atoms with E-state index in [0.717, 1.165) is 17.0 Å². The van der Waals surface area contributed by atoms with Gasteiger partial charge in [0.05, 0.1) is 24.9 Å². The van der Waals surface area contributed by atoms with Gasteiger partial charge in [-0.25, -0.2) is 0 Å². The highest BCUT2D eigenvalue weighted by Gasteiger charge is 2.11. The molecule has 0 bridgehead atoms. The minimum Gasteiger partial charge on any atom is -0.497 e. The summed E-state index contributed by atoms with van der Waals surface area (Å²) in [6, 6.07) is 5.64. The molecule has 2 rings (SSSR count). The van der Waals surface area contributed by atoms with Crippen molar-refractivity contribution < 1.29 is 4.74 Å². The van der Waals surface area contributed by atoms with Crippen LogP contribution in [0.25, 0.3) is 0 Å². The van der Waals surface area contributed by atoms with Crippen molar-refractivity contribution in [1.82, 2.24) is 0 Å². The maximum atomic E-state index is 5.69. The number of nitrogens with one attached hydrogen (secondary N) is 1. The molecule has 68 valence electrons. The van der Waals surface area contributed by atoms with Crippen LogP contribution in [-0.2, 0) is 0 Å². The zero-order valence-electron chi connectivity index (χ0n) is 7.07. The Kier molecular flexibility index (Phi) is 2.02. The molecule has 1 aromatic carbocycles. The fourth-order valence-corrected chi connectivity index (χ4v) is 1.64. The Hall–Kier alpha value is -1.36. The summed E-state index contributed by atoms with van der Waals surface area (Å²) in [5.41, 5.74) is 7.54. The first-order chi connectivity index (χ1) is 6.31. The molecule has 0 unspecified atom stereocenters. The lowest BCUT2D eigenvalue weighted by Crippen LogP contribution is -2.17. The molecule has 1 heterocycles. The number of nitrogens with zero attached hydrogens (tertiary/aromatic N) is 1. The number of ether oxygens (including phenoxy) is 1. The standard InChI is InChI=1S/C8H9N3OS/c1-12-5-2-3-6-7(4-5)10-13-11-8(6)9/h2-4,10H,1H3,(H2,9,11). The molecule has 13 heavy (non-hydrogen) atoms. The average Bonchev–Trinajstić information content (AvgIpc) is 2.18. The first-order valence-corrected chi connectivity index (χ1v) is 4.52. The third-order valence-corrected chi connectivity index (χ3v) is 2.40. The van der Waals surface area contributed by atoms with Gasteiger partial charge in [0.1, 0.15) is 11.6 Å². The van der Waals surface area contributed by atoms with Crippen LogP contribution < -0.4 is 15.2 Å². The molecule has 1 aliphatic rings. The van der Waals surface area contributed by atoms with Gasteiger partial charge in [-0.1, -0.05) is 0 Å². The van der Waals surface area contributed by atoms with E-state index in [-0.39, 0.29) is 0 Å². The number of rotatable bonds is 1. The number of hydrogen-bond acceptors (Lipinski definition) is 5. The molecule has 0 saturated heterocycles. The lowest BCUT2D eigenvalue weighted by atomic mass is 10.1. The van der Waals surface area contributed by atoms with Crippen molar-refractivity contribution in [2.75, 3.05) is 11.8 Å². The van der Waals surface area contributed by atoms with E-state index < -0.39 is 0 Å². The van der Waals surface area contributed by atoms with Crippen LogP contribution in [0.4, 0.5) is 5.69 Å². The first-order valence-electron chi connectivity index (χ1n) is 3.75. The van der Waals surface area contributed by atoms with E-state index in [4.69, 9.17) is 10.5 Å². The zero-order valence-corrected chi connectivity index (χ0v) is 7.89. The van der Waals surface area contributed by atoms with Crippen molar-refractivity contribution in [2.45, 2.75) is 0 Å². The second-order valence-corrected chi connectivity index (χ2v) is 3.15. The highest BCUT2D eigenvalue weighted by atomic mass is 32.2. The third-order valence-electron chi connectivity index (χ3n) is 1.80. The second kappa shape index (κ2) is 3.18. The molecular weight excluding hydrogens is 186 g/mol. The number of nitrogens with two attached hydrogens (primary N) is 1. The fraction of sp³-hybridized carbons (Fsp3) is 0.125. The van der Waals surface area contributed by atoms with Crippen LogP contribution >= 0.6 is 12.1 Å². The van der Waals surface area contributed by atoms with Crippen molar-refractivity contribution in [3.05, 3.63) is 23.8 Å². The monoisotopic (exact) mass is 195 g/mol. The van der Waals surface area contributed by atoms with E-state index in [1.165, 1.54) is 12.1 Å². The van der Waals surface area contributed by atoms with Gasteiger partial charge < -0.3 is 15.2 Å². The SMILES string of the molecule is COc1ccc2c(c1)NSN=C2N. The van der Waals surface area contributed by atoms with Gasteiger partial charge in [0.15, 0.2) is 0 Å². The lowest BCUT2D eigenvalue weighted by molar-refractivity contribution is 0.415. The van der Waals surface area contributed by atoms with E-state index in [1.807, 2.05) is 18.2 Å². The summed E-state index contributed by atoms with van der Waals surface area (Å²) in [5, 5.41) is 0. The Balaban J connectivity index is 2.48. The van der Waals surface area contributed by atoms with E-state index in [1.54, 1.807) is 7.11 Å². The van der Waals surface area contributed by atoms with E-state index in [2.05, 4.69) is 9.12 Å². The summed E-state index contributed by atoms with van der Waals surface area (Å²) in [5.74, 6) is 1.35. The molecule has 3 N–H and O–H groups in total. The summed E-state index contributed by atoms with van der Waals surface area (Å²) in [4.78, 5) is 0. The number of amidine groups is 1. The van der Waals surface area contributed by atoms with Gasteiger partial charge in [0, 0.05) is 11.6 Å². The topological polar surface area (TPSA) is 59.6 Å². The Bertz CT molecular complexity index is 364. The van der Waals surface area contributed by atoms with Gasteiger partial charge in [0.25, 0.3) is 0 Å². The Morgan fingerprint density at radius 1 is 1.54 bits per heavy atom. The summed E-state index contributed by atoms with van der Waals surface area (Å²) < 4.78 is 12.1. The molecule has 0 aromatic heterocycles. The van der Waals surface area contributed by atoms with Crippen LogP contribution in [0, 0.1) is 0 Å². The molecule has 0 atom stereocenters. The molecule has 1 aromatic rings. The number of hydrogen-bond donors (Lipinski definition) is 2. The molecule has 5 heteroatoms. The van der Waals surface area contributed by atoms with Gasteiger partial charge in [-0.3, -0.25) is 0 Å². The molecule has 4 nitrogen and oxygen atoms in total. The van der Waals surface area contributed by atoms with Gasteiger partial charge >= 0.3 is 0 Å². The maximum Gasteiger partial charge on any atom is 0.142 e. The van der Waals surface area contributed by atoms with Crippen LogP contribution in [0.2, 0.25) is 0 Å². The van der Waals surface area contributed by atoms with Gasteiger partial charge in [-0.05, 0) is 12.1 Å². The molecule has 0 fully saturated rings. The minimum atomic E-state index is 0.543. The molecule has 0 aliphatic carbocycles. The highest BCUT2D eigenvalue weighted by molar-refractivity contribution is 7.99. The van der Waals surface area contributed by atoms with Crippen molar-refractivity contribution >= 4 is 23.7 Å². The molecule has 0 spiro atoms. The highest BCUT2D eigenvalue weighted by Crippen LogP contribution is 2.28. The first kappa shape index (κ1) is 8.25. The normalized spacial score (nSPS) is 14.1. The predicted molar refractivity (Wildman–Crippen MR) is 54.9 cm³/mol. The Morgan fingerprint density at radius 3 is 3.15 bits per heavy atom. The fourth-order valence-electron chi connectivity index (χ4n) is 1.13. The number of methoxy groups -OCH3 is 1. The minimum absolute atomic E-state index is 0.543. The van der Waals surface area contributed by atoms with Crippen LogP contribution in [-0.4, -0.2) is 12.9 Å². The van der Waals surface area contributed by atoms with Crippen molar-refractivity contribution in [2.24, 2.45) is 10.1 Å². The molecule has 0 radical (unpaired) electrons. The summed E-state index contributed by atoms with van der Waals surface area (Å²) in [7, 11) is 1.63. The van der Waals surface area contributed by atoms with E-state index in [9.17, 15) is 0 Å². The van der Waals surface area contributed by atoms with Crippen molar-refractivity contribution in [1.29, 1.82) is 0 Å². The van der Waals surface area contributed by atoms with E-state index in [0.29, 0.717) is 5.84 Å². The lowest BCUT2D eigenvalue weighted by Gasteiger charge is -2.14. The largest absolute Gasteiger partial charge is 0.497 e.